The Hall–Kier alpha value is -2.38. The Kier molecular flexibility index (Phi) is 16.2. The van der Waals surface area contributed by atoms with Crippen LogP contribution in [0.4, 0.5) is 4.79 Å². The van der Waals surface area contributed by atoms with Crippen molar-refractivity contribution in [1.82, 2.24) is 26.3 Å². The van der Waals surface area contributed by atoms with E-state index >= 15 is 0 Å². The summed E-state index contributed by atoms with van der Waals surface area (Å²) in [5, 5.41) is 12.3. The smallest absolute Gasteiger partial charge is 0.315 e. The normalized spacial score (nSPS) is 19.4. The molecular weight excluding hydrogens is 590 g/mol. The van der Waals surface area contributed by atoms with Crippen LogP contribution in [0.15, 0.2) is 29.4 Å². The fourth-order valence-corrected chi connectivity index (χ4v) is 7.77. The number of rotatable bonds is 23. The van der Waals surface area contributed by atoms with E-state index in [2.05, 4.69) is 26.3 Å². The summed E-state index contributed by atoms with van der Waals surface area (Å²) in [5.41, 5.74) is 0. The number of urea groups is 1. The fraction of sp³-hybridized carbons (Fsp3) is 0.733. The Morgan fingerprint density at radius 2 is 1.49 bits per heavy atom. The van der Waals surface area contributed by atoms with E-state index in [-0.39, 0.29) is 41.6 Å². The quantitative estimate of drug-likeness (QED) is 0.0795. The molecule has 43 heavy (non-hydrogen) atoms. The van der Waals surface area contributed by atoms with E-state index in [1.165, 1.54) is 12.3 Å². The third-order valence-electron chi connectivity index (χ3n) is 7.76. The van der Waals surface area contributed by atoms with E-state index in [0.29, 0.717) is 37.6 Å². The minimum atomic E-state index is -3.77. The zero-order valence-corrected chi connectivity index (χ0v) is 26.8. The van der Waals surface area contributed by atoms with E-state index in [1.54, 1.807) is 12.1 Å². The van der Waals surface area contributed by atoms with E-state index in [0.717, 1.165) is 82.8 Å². The highest BCUT2D eigenvalue weighted by molar-refractivity contribution is 8.00. The van der Waals surface area contributed by atoms with Crippen LogP contribution in [0.2, 0.25) is 0 Å². The molecule has 1 aromatic heterocycles. The standard InChI is InChI=1S/C30H49N5O6S2/c36-26(16-7-4-2-1-3-5-14-22-41-43(39,40)28-18-10-13-21-33-28)31-19-11-6-12-20-32-27(37)17-9-8-15-25-29-24(23-42-25)34-30(38)35-29/h10,13,18,21,24-25,29H,1-9,11-12,14-17,19-20,22-23H2,(H,31,36)(H,32,37)(H2,34,35,38)/t24-,25-,29-/m0/s1. The summed E-state index contributed by atoms with van der Waals surface area (Å²) in [6, 6.07) is 5.12. The number of hydrogen-bond acceptors (Lipinski definition) is 8. The second-order valence-electron chi connectivity index (χ2n) is 11.3. The van der Waals surface area contributed by atoms with Gasteiger partial charge < -0.3 is 21.3 Å². The Balaban J connectivity index is 1.03. The molecule has 0 unspecified atom stereocenters. The molecule has 13 heteroatoms. The number of amides is 4. The molecule has 2 aliphatic rings. The lowest BCUT2D eigenvalue weighted by Crippen LogP contribution is -2.36. The lowest BCUT2D eigenvalue weighted by Gasteiger charge is -2.16. The first kappa shape index (κ1) is 35.1. The van der Waals surface area contributed by atoms with Gasteiger partial charge in [0.2, 0.25) is 11.8 Å². The number of aromatic nitrogens is 1. The number of pyridine rings is 1. The van der Waals surface area contributed by atoms with Crippen molar-refractivity contribution in [3.63, 3.8) is 0 Å². The van der Waals surface area contributed by atoms with Crippen molar-refractivity contribution in [1.29, 1.82) is 0 Å². The molecule has 4 N–H and O–H groups in total. The highest BCUT2D eigenvalue weighted by Crippen LogP contribution is 2.33. The molecule has 3 heterocycles. The van der Waals surface area contributed by atoms with Gasteiger partial charge in [0.1, 0.15) is 0 Å². The summed E-state index contributed by atoms with van der Waals surface area (Å²) in [7, 11) is -3.77. The van der Waals surface area contributed by atoms with Crippen LogP contribution in [0.25, 0.3) is 0 Å². The largest absolute Gasteiger partial charge is 0.356 e. The molecular formula is C30H49N5O6S2. The monoisotopic (exact) mass is 639 g/mol. The third-order valence-corrected chi connectivity index (χ3v) is 10.5. The number of thioether (sulfide) groups is 1. The van der Waals surface area contributed by atoms with E-state index in [9.17, 15) is 22.8 Å². The molecule has 1 aromatic rings. The maximum absolute atomic E-state index is 12.1. The number of fused-ring (bicyclic) bond motifs is 1. The van der Waals surface area contributed by atoms with Crippen molar-refractivity contribution in [2.45, 2.75) is 119 Å². The zero-order chi connectivity index (χ0) is 30.8. The van der Waals surface area contributed by atoms with E-state index in [4.69, 9.17) is 4.18 Å². The van der Waals surface area contributed by atoms with Crippen molar-refractivity contribution < 1.29 is 27.0 Å². The van der Waals surface area contributed by atoms with Gasteiger partial charge in [0.25, 0.3) is 0 Å². The number of carbonyl (C=O) groups is 3. The van der Waals surface area contributed by atoms with Crippen LogP contribution in [0.1, 0.15) is 96.3 Å². The summed E-state index contributed by atoms with van der Waals surface area (Å²) >= 11 is 1.91. The minimum absolute atomic E-state index is 0.0575. The van der Waals surface area contributed by atoms with Crippen LogP contribution in [0.5, 0.6) is 0 Å². The van der Waals surface area contributed by atoms with Crippen molar-refractivity contribution in [3.8, 4) is 0 Å². The lowest BCUT2D eigenvalue weighted by molar-refractivity contribution is -0.121. The van der Waals surface area contributed by atoms with Gasteiger partial charge in [-0.15, -0.1) is 0 Å². The summed E-state index contributed by atoms with van der Waals surface area (Å²) in [5.74, 6) is 1.16. The van der Waals surface area contributed by atoms with Gasteiger partial charge in [-0.2, -0.15) is 20.2 Å². The first-order chi connectivity index (χ1) is 20.8. The van der Waals surface area contributed by atoms with Crippen LogP contribution in [0, 0.1) is 0 Å². The molecule has 242 valence electrons. The molecule has 2 fully saturated rings. The molecule has 4 amide bonds. The van der Waals surface area contributed by atoms with E-state index in [1.807, 2.05) is 11.8 Å². The highest BCUT2D eigenvalue weighted by atomic mass is 32.2. The molecule has 0 aromatic carbocycles. The van der Waals surface area contributed by atoms with Crippen LogP contribution in [-0.4, -0.2) is 74.0 Å². The van der Waals surface area contributed by atoms with Gasteiger partial charge in [0, 0.05) is 43.1 Å². The second-order valence-corrected chi connectivity index (χ2v) is 14.1. The van der Waals surface area contributed by atoms with Crippen LogP contribution >= 0.6 is 11.8 Å². The second kappa shape index (κ2) is 19.8. The van der Waals surface area contributed by atoms with Crippen LogP contribution in [-0.2, 0) is 23.9 Å². The summed E-state index contributed by atoms with van der Waals surface area (Å²) in [6.45, 7) is 1.50. The SMILES string of the molecule is O=C(CCCCCCCCCOS(=O)(=O)c1ccccn1)NCCCCCNC(=O)CCCC[C@@H]1SC[C@@H]2NC(=O)N[C@@H]21. The summed E-state index contributed by atoms with van der Waals surface area (Å²) < 4.78 is 29.0. The van der Waals surface area contributed by atoms with Gasteiger partial charge in [-0.3, -0.25) is 13.8 Å². The molecule has 0 spiro atoms. The average molecular weight is 640 g/mol. The third kappa shape index (κ3) is 13.9. The Labute approximate surface area is 261 Å². The molecule has 0 radical (unpaired) electrons. The first-order valence-electron chi connectivity index (χ1n) is 15.9. The molecule has 0 aliphatic carbocycles. The lowest BCUT2D eigenvalue weighted by atomic mass is 10.0. The Morgan fingerprint density at radius 3 is 2.16 bits per heavy atom. The average Bonchev–Trinajstić information content (AvgIpc) is 3.55. The summed E-state index contributed by atoms with van der Waals surface area (Å²) in [6.07, 6.45) is 14.8. The molecule has 2 aliphatic heterocycles. The molecule has 2 saturated heterocycles. The molecule has 3 atom stereocenters. The molecule has 3 rings (SSSR count). The summed E-state index contributed by atoms with van der Waals surface area (Å²) in [4.78, 5) is 39.4. The van der Waals surface area contributed by atoms with Crippen molar-refractivity contribution >= 4 is 39.7 Å². The van der Waals surface area contributed by atoms with Crippen LogP contribution in [0.3, 0.4) is 0 Å². The van der Waals surface area contributed by atoms with Gasteiger partial charge in [-0.25, -0.2) is 9.78 Å². The first-order valence-corrected chi connectivity index (χ1v) is 18.3. The molecule has 0 saturated carbocycles. The maximum atomic E-state index is 12.1. The van der Waals surface area contributed by atoms with Gasteiger partial charge >= 0.3 is 16.1 Å². The zero-order valence-electron chi connectivity index (χ0n) is 25.2. The minimum Gasteiger partial charge on any atom is -0.356 e. The molecule has 0 bridgehead atoms. The van der Waals surface area contributed by atoms with Crippen molar-refractivity contribution in [2.75, 3.05) is 25.4 Å². The van der Waals surface area contributed by atoms with Gasteiger partial charge in [0.05, 0.1) is 18.7 Å². The van der Waals surface area contributed by atoms with E-state index < -0.39 is 10.1 Å². The van der Waals surface area contributed by atoms with Gasteiger partial charge in [0.15, 0.2) is 5.03 Å². The van der Waals surface area contributed by atoms with Crippen LogP contribution < -0.4 is 21.3 Å². The van der Waals surface area contributed by atoms with Crippen molar-refractivity contribution in [3.05, 3.63) is 24.4 Å². The number of hydrogen-bond donors (Lipinski definition) is 4. The van der Waals surface area contributed by atoms with Gasteiger partial charge in [-0.1, -0.05) is 44.6 Å². The Morgan fingerprint density at radius 1 is 0.860 bits per heavy atom. The highest BCUT2D eigenvalue weighted by Gasteiger charge is 2.42. The number of carbonyl (C=O) groups excluding carboxylic acids is 3. The number of unbranched alkanes of at least 4 members (excludes halogenated alkanes) is 9. The topological polar surface area (TPSA) is 156 Å². The maximum Gasteiger partial charge on any atom is 0.315 e. The predicted molar refractivity (Wildman–Crippen MR) is 168 cm³/mol. The number of nitrogens with one attached hydrogen (secondary N) is 4. The van der Waals surface area contributed by atoms with Crippen molar-refractivity contribution in [2.24, 2.45) is 0 Å². The number of nitrogens with zero attached hydrogens (tertiary/aromatic N) is 1. The predicted octanol–water partition coefficient (Wildman–Crippen LogP) is 4.04. The Bertz CT molecular complexity index is 1090. The van der Waals surface area contributed by atoms with Gasteiger partial charge in [-0.05, 0) is 57.1 Å². The molecule has 11 nitrogen and oxygen atoms in total. The fourth-order valence-electron chi connectivity index (χ4n) is 5.33.